The zero-order valence-electron chi connectivity index (χ0n) is 14.3. The first-order chi connectivity index (χ1) is 12.9. The average Bonchev–Trinajstić information content (AvgIpc) is 2.95. The van der Waals surface area contributed by atoms with Crippen molar-refractivity contribution in [3.63, 3.8) is 0 Å². The van der Waals surface area contributed by atoms with Gasteiger partial charge in [0, 0.05) is 6.42 Å². The van der Waals surface area contributed by atoms with Gasteiger partial charge in [0.2, 0.25) is 0 Å². The smallest absolute Gasteiger partial charge is 0.424 e. The summed E-state index contributed by atoms with van der Waals surface area (Å²) in [6, 6.07) is 12.0. The van der Waals surface area contributed by atoms with Gasteiger partial charge >= 0.3 is 11.8 Å². The summed E-state index contributed by atoms with van der Waals surface area (Å²) in [5, 5.41) is 3.96. The van der Waals surface area contributed by atoms with Crippen LogP contribution >= 0.6 is 23.2 Å². The summed E-state index contributed by atoms with van der Waals surface area (Å²) < 4.78 is 15.1. The van der Waals surface area contributed by atoms with Crippen LogP contribution in [0.15, 0.2) is 56.1 Å². The predicted octanol–water partition coefficient (Wildman–Crippen LogP) is 5.13. The van der Waals surface area contributed by atoms with Gasteiger partial charge in [-0.3, -0.25) is 4.79 Å². The highest BCUT2D eigenvalue weighted by molar-refractivity contribution is 6.39. The minimum atomic E-state index is -0.790. The summed E-state index contributed by atoms with van der Waals surface area (Å²) in [6.45, 7) is 1.60. The quantitative estimate of drug-likeness (QED) is 0.450. The van der Waals surface area contributed by atoms with E-state index in [4.69, 9.17) is 36.8 Å². The number of hydrogen-bond donors (Lipinski definition) is 1. The summed E-state index contributed by atoms with van der Waals surface area (Å²) >= 11 is 12.3. The summed E-state index contributed by atoms with van der Waals surface area (Å²) in [5.41, 5.74) is 1.05. The Kier molecular flexibility index (Phi) is 5.88. The van der Waals surface area contributed by atoms with Gasteiger partial charge in [-0.1, -0.05) is 41.4 Å². The molecular formula is C19H15Cl2NO5. The van der Waals surface area contributed by atoms with E-state index in [1.807, 2.05) is 0 Å². The Bertz CT molecular complexity index is 1000. The maximum atomic E-state index is 12.2. The van der Waals surface area contributed by atoms with Gasteiger partial charge in [-0.05, 0) is 31.2 Å². The van der Waals surface area contributed by atoms with Crippen molar-refractivity contribution in [1.29, 1.82) is 0 Å². The molecule has 1 N–H and O–H groups in total. The number of hydrogen-bond acceptors (Lipinski definition) is 6. The monoisotopic (exact) mass is 407 g/mol. The van der Waals surface area contributed by atoms with Crippen molar-refractivity contribution in [2.24, 2.45) is 0 Å². The van der Waals surface area contributed by atoms with Crippen molar-refractivity contribution in [2.75, 3.05) is 5.32 Å². The number of aryl methyl sites for hydroxylation is 2. The second-order valence-corrected chi connectivity index (χ2v) is 6.44. The Balaban J connectivity index is 1.71. The van der Waals surface area contributed by atoms with Crippen LogP contribution in [-0.4, -0.2) is 5.97 Å². The van der Waals surface area contributed by atoms with Gasteiger partial charge < -0.3 is 18.9 Å². The van der Waals surface area contributed by atoms with Crippen molar-refractivity contribution in [2.45, 2.75) is 19.8 Å². The van der Waals surface area contributed by atoms with Gasteiger partial charge in [0.25, 0.3) is 0 Å². The number of esters is 1. The molecule has 0 unspecified atom stereocenters. The standard InChI is InChI=1S/C19H15Cl2NO5/c1-11-15(27-19(24)25-11)9-10-17(23)26-16-8-3-2-7-14(16)22-18-12(20)5-4-6-13(18)21/h2-8,22H,9-10H2,1H3. The number of benzene rings is 2. The lowest BCUT2D eigenvalue weighted by Crippen LogP contribution is -2.10. The third-order valence-corrected chi connectivity index (χ3v) is 4.36. The predicted molar refractivity (Wildman–Crippen MR) is 102 cm³/mol. The molecule has 2 aromatic carbocycles. The van der Waals surface area contributed by atoms with Crippen LogP contribution in [0.5, 0.6) is 5.75 Å². The van der Waals surface area contributed by atoms with E-state index >= 15 is 0 Å². The zero-order chi connectivity index (χ0) is 19.4. The molecule has 0 bridgehead atoms. The molecule has 0 amide bonds. The number of carbonyl (C=O) groups is 1. The van der Waals surface area contributed by atoms with Crippen LogP contribution in [0.2, 0.25) is 10.0 Å². The second kappa shape index (κ2) is 8.33. The number of rotatable bonds is 6. The molecule has 0 saturated carbocycles. The van der Waals surface area contributed by atoms with Crippen LogP contribution in [0, 0.1) is 6.92 Å². The van der Waals surface area contributed by atoms with Crippen LogP contribution in [0.4, 0.5) is 11.4 Å². The molecule has 0 fully saturated rings. The van der Waals surface area contributed by atoms with Gasteiger partial charge in [-0.25, -0.2) is 4.79 Å². The van der Waals surface area contributed by atoms with Gasteiger partial charge in [0.15, 0.2) is 5.75 Å². The van der Waals surface area contributed by atoms with E-state index in [9.17, 15) is 9.59 Å². The Morgan fingerprint density at radius 1 is 1.07 bits per heavy atom. The molecule has 0 aliphatic carbocycles. The Morgan fingerprint density at radius 3 is 2.44 bits per heavy atom. The number of anilines is 2. The summed E-state index contributed by atoms with van der Waals surface area (Å²) in [6.07, 6.45) is 0.215. The lowest BCUT2D eigenvalue weighted by molar-refractivity contribution is -0.134. The molecule has 0 radical (unpaired) electrons. The van der Waals surface area contributed by atoms with E-state index in [1.54, 1.807) is 49.4 Å². The van der Waals surface area contributed by atoms with Crippen molar-refractivity contribution in [3.05, 3.63) is 74.6 Å². The maximum absolute atomic E-state index is 12.2. The molecule has 0 saturated heterocycles. The van der Waals surface area contributed by atoms with Crippen molar-refractivity contribution in [3.8, 4) is 5.75 Å². The van der Waals surface area contributed by atoms with Crippen LogP contribution in [0.3, 0.4) is 0 Å². The molecule has 1 aromatic heterocycles. The number of nitrogens with one attached hydrogen (secondary N) is 1. The molecule has 6 nitrogen and oxygen atoms in total. The van der Waals surface area contributed by atoms with Crippen LogP contribution in [-0.2, 0) is 11.2 Å². The summed E-state index contributed by atoms with van der Waals surface area (Å²) in [5.74, 6) is -0.280. The molecular weight excluding hydrogens is 393 g/mol. The minimum Gasteiger partial charge on any atom is -0.424 e. The summed E-state index contributed by atoms with van der Waals surface area (Å²) in [7, 11) is 0. The fourth-order valence-corrected chi connectivity index (χ4v) is 2.89. The SMILES string of the molecule is Cc1oc(=O)oc1CCC(=O)Oc1ccccc1Nc1c(Cl)cccc1Cl. The molecule has 27 heavy (non-hydrogen) atoms. The maximum Gasteiger partial charge on any atom is 0.519 e. The van der Waals surface area contributed by atoms with E-state index in [1.165, 1.54) is 0 Å². The van der Waals surface area contributed by atoms with Crippen LogP contribution in [0.25, 0.3) is 0 Å². The van der Waals surface area contributed by atoms with Crippen molar-refractivity contribution in [1.82, 2.24) is 0 Å². The molecule has 3 aromatic rings. The third kappa shape index (κ3) is 4.72. The van der Waals surface area contributed by atoms with Gasteiger partial charge in [0.1, 0.15) is 11.5 Å². The van der Waals surface area contributed by atoms with Crippen LogP contribution in [0.1, 0.15) is 17.9 Å². The Hall–Kier alpha value is -2.70. The lowest BCUT2D eigenvalue weighted by atomic mass is 10.2. The molecule has 0 aliphatic heterocycles. The fraction of sp³-hybridized carbons (Fsp3) is 0.158. The van der Waals surface area contributed by atoms with E-state index < -0.39 is 11.8 Å². The Morgan fingerprint density at radius 2 is 1.78 bits per heavy atom. The summed E-state index contributed by atoms with van der Waals surface area (Å²) in [4.78, 5) is 23.2. The van der Waals surface area contributed by atoms with Crippen LogP contribution < -0.4 is 15.9 Å². The first-order valence-corrected chi connectivity index (χ1v) is 8.80. The van der Waals surface area contributed by atoms with E-state index in [0.717, 1.165) is 0 Å². The zero-order valence-corrected chi connectivity index (χ0v) is 15.8. The second-order valence-electron chi connectivity index (χ2n) is 5.63. The fourth-order valence-electron chi connectivity index (χ4n) is 2.40. The first kappa shape index (κ1) is 19.1. The first-order valence-electron chi connectivity index (χ1n) is 8.04. The molecule has 1 heterocycles. The molecule has 0 aliphatic rings. The number of carbonyl (C=O) groups excluding carboxylic acids is 1. The lowest BCUT2D eigenvalue weighted by Gasteiger charge is -2.14. The minimum absolute atomic E-state index is 0.0184. The van der Waals surface area contributed by atoms with E-state index in [0.29, 0.717) is 38.7 Å². The van der Waals surface area contributed by atoms with Gasteiger partial charge in [0.05, 0.1) is 27.8 Å². The van der Waals surface area contributed by atoms with Gasteiger partial charge in [-0.15, -0.1) is 0 Å². The Labute approximate surface area is 164 Å². The van der Waals surface area contributed by atoms with E-state index in [-0.39, 0.29) is 12.8 Å². The molecule has 0 spiro atoms. The largest absolute Gasteiger partial charge is 0.519 e. The molecule has 140 valence electrons. The topological polar surface area (TPSA) is 81.7 Å². The highest BCUT2D eigenvalue weighted by Gasteiger charge is 2.15. The molecule has 3 rings (SSSR count). The molecule has 0 atom stereocenters. The average molecular weight is 408 g/mol. The highest BCUT2D eigenvalue weighted by atomic mass is 35.5. The van der Waals surface area contributed by atoms with Crippen molar-refractivity contribution < 1.29 is 18.4 Å². The van der Waals surface area contributed by atoms with E-state index in [2.05, 4.69) is 5.32 Å². The normalized spacial score (nSPS) is 10.6. The number of halogens is 2. The van der Waals surface area contributed by atoms with Crippen molar-refractivity contribution >= 4 is 40.5 Å². The molecule has 8 heteroatoms. The van der Waals surface area contributed by atoms with Gasteiger partial charge in [-0.2, -0.15) is 0 Å². The third-order valence-electron chi connectivity index (χ3n) is 3.73. The highest BCUT2D eigenvalue weighted by Crippen LogP contribution is 2.35. The number of ether oxygens (including phenoxy) is 1. The number of para-hydroxylation sites is 3.